The van der Waals surface area contributed by atoms with Crippen LogP contribution in [-0.4, -0.2) is 55.1 Å². The fourth-order valence-corrected chi connectivity index (χ4v) is 5.35. The van der Waals surface area contributed by atoms with E-state index in [-0.39, 0.29) is 11.8 Å². The van der Waals surface area contributed by atoms with Crippen LogP contribution < -0.4 is 9.80 Å². The van der Waals surface area contributed by atoms with Crippen LogP contribution in [0.2, 0.25) is 0 Å². The molecule has 0 radical (unpaired) electrons. The molecule has 0 aliphatic carbocycles. The molecule has 2 aliphatic heterocycles. The van der Waals surface area contributed by atoms with Crippen LogP contribution in [0.15, 0.2) is 42.5 Å². The van der Waals surface area contributed by atoms with E-state index in [1.165, 1.54) is 17.7 Å². The number of piperazine rings is 1. The van der Waals surface area contributed by atoms with Gasteiger partial charge in [0, 0.05) is 45.0 Å². The smallest absolute Gasteiger partial charge is 0.368 e. The van der Waals surface area contributed by atoms with E-state index >= 15 is 0 Å². The molecule has 0 unspecified atom stereocenters. The summed E-state index contributed by atoms with van der Waals surface area (Å²) in [6.45, 7) is 5.47. The predicted octanol–water partition coefficient (Wildman–Crippen LogP) is 4.41. The van der Waals surface area contributed by atoms with Crippen molar-refractivity contribution in [2.45, 2.75) is 13.1 Å². The number of benzene rings is 2. The van der Waals surface area contributed by atoms with E-state index in [9.17, 15) is 18.0 Å². The average molecular weight is 461 g/mol. The van der Waals surface area contributed by atoms with Gasteiger partial charge in [-0.3, -0.25) is 4.79 Å². The number of halogens is 3. The van der Waals surface area contributed by atoms with Crippen LogP contribution in [-0.2, 0) is 11.0 Å². The van der Waals surface area contributed by atoms with Crippen LogP contribution in [0.25, 0.3) is 10.2 Å². The molecule has 9 heteroatoms. The molecule has 3 heterocycles. The lowest BCUT2D eigenvalue weighted by Crippen LogP contribution is -2.58. The molecule has 1 aromatic heterocycles. The Morgan fingerprint density at radius 3 is 2.50 bits per heavy atom. The Morgan fingerprint density at radius 2 is 1.78 bits per heavy atom. The topological polar surface area (TPSA) is 39.7 Å². The van der Waals surface area contributed by atoms with Gasteiger partial charge in [0.2, 0.25) is 5.91 Å². The van der Waals surface area contributed by atoms with Gasteiger partial charge in [-0.05, 0) is 42.8 Å². The van der Waals surface area contributed by atoms with E-state index < -0.39 is 11.7 Å². The van der Waals surface area contributed by atoms with Crippen molar-refractivity contribution in [3.63, 3.8) is 0 Å². The maximum absolute atomic E-state index is 13.0. The van der Waals surface area contributed by atoms with E-state index in [1.807, 2.05) is 21.9 Å². The van der Waals surface area contributed by atoms with Gasteiger partial charge in [0.1, 0.15) is 0 Å². The highest BCUT2D eigenvalue weighted by Crippen LogP contribution is 2.34. The Bertz CT molecular complexity index is 1150. The van der Waals surface area contributed by atoms with Crippen LogP contribution in [0.5, 0.6) is 0 Å². The minimum absolute atomic E-state index is 0.0520. The van der Waals surface area contributed by atoms with E-state index in [1.54, 1.807) is 17.4 Å². The summed E-state index contributed by atoms with van der Waals surface area (Å²) < 4.78 is 40.1. The SMILES string of the molecule is Cc1ccc2nc(N3CC(C(=O)N4CCN(c5cccc(C(F)(F)F)c5)CC4)C3)sc2c1. The second-order valence-electron chi connectivity index (χ2n) is 8.43. The van der Waals surface area contributed by atoms with Crippen LogP contribution in [0.4, 0.5) is 24.0 Å². The zero-order chi connectivity index (χ0) is 22.5. The molecule has 5 nitrogen and oxygen atoms in total. The fraction of sp³-hybridized carbons (Fsp3) is 0.391. The third-order valence-electron chi connectivity index (χ3n) is 6.16. The molecule has 2 aromatic carbocycles. The molecule has 1 amide bonds. The van der Waals surface area contributed by atoms with Crippen molar-refractivity contribution >= 4 is 38.3 Å². The second kappa shape index (κ2) is 7.95. The highest BCUT2D eigenvalue weighted by Gasteiger charge is 2.38. The quantitative estimate of drug-likeness (QED) is 0.581. The lowest BCUT2D eigenvalue weighted by molar-refractivity contribution is -0.137. The van der Waals surface area contributed by atoms with Gasteiger partial charge in [-0.15, -0.1) is 0 Å². The first-order chi connectivity index (χ1) is 15.3. The van der Waals surface area contributed by atoms with Gasteiger partial charge in [0.25, 0.3) is 0 Å². The minimum Gasteiger partial charge on any atom is -0.368 e. The molecule has 5 rings (SSSR count). The number of alkyl halides is 3. The summed E-state index contributed by atoms with van der Waals surface area (Å²) in [6, 6.07) is 11.6. The van der Waals surface area contributed by atoms with E-state index in [4.69, 9.17) is 0 Å². The van der Waals surface area contributed by atoms with Crippen molar-refractivity contribution in [1.82, 2.24) is 9.88 Å². The number of hydrogen-bond acceptors (Lipinski definition) is 5. The molecular weight excluding hydrogens is 437 g/mol. The average Bonchev–Trinajstić information content (AvgIpc) is 3.14. The number of carbonyl (C=O) groups excluding carboxylic acids is 1. The Morgan fingerprint density at radius 1 is 1.03 bits per heavy atom. The number of amides is 1. The first-order valence-electron chi connectivity index (χ1n) is 10.6. The van der Waals surface area contributed by atoms with Crippen LogP contribution in [0.3, 0.4) is 0 Å². The molecule has 0 atom stereocenters. The van der Waals surface area contributed by atoms with Gasteiger partial charge in [-0.1, -0.05) is 23.5 Å². The largest absolute Gasteiger partial charge is 0.416 e. The first-order valence-corrected chi connectivity index (χ1v) is 11.4. The Balaban J connectivity index is 1.16. The number of thiazole rings is 1. The predicted molar refractivity (Wildman–Crippen MR) is 120 cm³/mol. The number of hydrogen-bond donors (Lipinski definition) is 0. The molecule has 0 saturated carbocycles. The summed E-state index contributed by atoms with van der Waals surface area (Å²) >= 11 is 1.65. The van der Waals surface area contributed by atoms with Gasteiger partial charge < -0.3 is 14.7 Å². The van der Waals surface area contributed by atoms with E-state index in [2.05, 4.69) is 22.9 Å². The van der Waals surface area contributed by atoms with E-state index in [0.29, 0.717) is 45.0 Å². The monoisotopic (exact) mass is 460 g/mol. The summed E-state index contributed by atoms with van der Waals surface area (Å²) in [6.07, 6.45) is -4.36. The van der Waals surface area contributed by atoms with Crippen molar-refractivity contribution in [3.05, 3.63) is 53.6 Å². The molecule has 0 spiro atoms. The number of carbonyl (C=O) groups is 1. The fourth-order valence-electron chi connectivity index (χ4n) is 4.27. The Kier molecular flexibility index (Phi) is 5.23. The number of aromatic nitrogens is 1. The number of fused-ring (bicyclic) bond motifs is 1. The van der Waals surface area contributed by atoms with Crippen molar-refractivity contribution in [1.29, 1.82) is 0 Å². The maximum atomic E-state index is 13.0. The van der Waals surface area contributed by atoms with Crippen molar-refractivity contribution < 1.29 is 18.0 Å². The summed E-state index contributed by atoms with van der Waals surface area (Å²) in [5.41, 5.74) is 2.09. The Hall–Kier alpha value is -2.81. The molecule has 168 valence electrons. The summed E-state index contributed by atoms with van der Waals surface area (Å²) in [4.78, 5) is 23.5. The second-order valence-corrected chi connectivity index (χ2v) is 9.44. The number of rotatable bonds is 3. The lowest BCUT2D eigenvalue weighted by Gasteiger charge is -2.43. The molecule has 3 aromatic rings. The first kappa shape index (κ1) is 21.1. The molecule has 0 N–H and O–H groups in total. The molecule has 2 aliphatic rings. The van der Waals surface area contributed by atoms with Crippen LogP contribution in [0, 0.1) is 12.8 Å². The van der Waals surface area contributed by atoms with Gasteiger partial charge in [0.05, 0.1) is 21.7 Å². The number of anilines is 2. The number of nitrogens with zero attached hydrogens (tertiary/aromatic N) is 4. The zero-order valence-electron chi connectivity index (χ0n) is 17.6. The normalized spacial score (nSPS) is 17.7. The molecule has 2 fully saturated rings. The highest BCUT2D eigenvalue weighted by molar-refractivity contribution is 7.22. The highest BCUT2D eigenvalue weighted by atomic mass is 32.1. The third-order valence-corrected chi connectivity index (χ3v) is 7.24. The molecule has 0 bridgehead atoms. The van der Waals surface area contributed by atoms with Crippen molar-refractivity contribution in [3.8, 4) is 0 Å². The van der Waals surface area contributed by atoms with E-state index in [0.717, 1.165) is 21.4 Å². The van der Waals surface area contributed by atoms with Gasteiger partial charge >= 0.3 is 6.18 Å². The van der Waals surface area contributed by atoms with Crippen molar-refractivity contribution in [2.75, 3.05) is 49.1 Å². The van der Waals surface area contributed by atoms with Crippen molar-refractivity contribution in [2.24, 2.45) is 5.92 Å². The standard InChI is InChI=1S/C23H23F3N4OS/c1-15-5-6-19-20(11-15)32-22(27-19)30-13-16(14-30)21(31)29-9-7-28(8-10-29)18-4-2-3-17(12-18)23(24,25)26/h2-6,11-12,16H,7-10,13-14H2,1H3. The van der Waals surface area contributed by atoms with Crippen LogP contribution in [0.1, 0.15) is 11.1 Å². The van der Waals surface area contributed by atoms with Gasteiger partial charge in [0.15, 0.2) is 5.13 Å². The minimum atomic E-state index is -4.36. The molecule has 2 saturated heterocycles. The third kappa shape index (κ3) is 4.01. The van der Waals surface area contributed by atoms with Gasteiger partial charge in [-0.2, -0.15) is 13.2 Å². The number of aryl methyl sites for hydroxylation is 1. The Labute approximate surface area is 188 Å². The lowest BCUT2D eigenvalue weighted by atomic mass is 9.99. The summed E-state index contributed by atoms with van der Waals surface area (Å²) in [7, 11) is 0. The van der Waals surface area contributed by atoms with Crippen LogP contribution >= 0.6 is 11.3 Å². The summed E-state index contributed by atoms with van der Waals surface area (Å²) in [5, 5.41) is 0.948. The van der Waals surface area contributed by atoms with Gasteiger partial charge in [-0.25, -0.2) is 4.98 Å². The molecule has 32 heavy (non-hydrogen) atoms. The zero-order valence-corrected chi connectivity index (χ0v) is 18.4. The maximum Gasteiger partial charge on any atom is 0.416 e. The molecular formula is C23H23F3N4OS. The summed E-state index contributed by atoms with van der Waals surface area (Å²) in [5.74, 6) is 0.0748.